The quantitative estimate of drug-likeness (QED) is 0.665. The van der Waals surface area contributed by atoms with Gasteiger partial charge in [-0.2, -0.15) is 4.31 Å². The molecule has 29 heavy (non-hydrogen) atoms. The Bertz CT molecular complexity index is 972. The van der Waals surface area contributed by atoms with Gasteiger partial charge >= 0.3 is 0 Å². The van der Waals surface area contributed by atoms with Crippen LogP contribution in [0.2, 0.25) is 10.0 Å². The van der Waals surface area contributed by atoms with Crippen molar-refractivity contribution in [2.75, 3.05) is 32.8 Å². The van der Waals surface area contributed by atoms with Crippen LogP contribution in [0.5, 0.6) is 5.75 Å². The summed E-state index contributed by atoms with van der Waals surface area (Å²) >= 11 is 12.0. The standard InChI is InChI=1S/C20H22Cl2N2O4S/c1-15-5-7-16(8-6-15)28-14-9-19(25)23-10-12-24(13-11-23)29(26,27)18-4-2-3-17(21)20(18)22/h2-8H,9-14H2,1H3. The number of ether oxygens (including phenoxy) is 1. The van der Waals surface area contributed by atoms with Crippen LogP contribution in [-0.2, 0) is 14.8 Å². The molecule has 6 nitrogen and oxygen atoms in total. The highest BCUT2D eigenvalue weighted by Crippen LogP contribution is 2.31. The monoisotopic (exact) mass is 456 g/mol. The summed E-state index contributed by atoms with van der Waals surface area (Å²) in [5, 5.41) is 0.205. The van der Waals surface area contributed by atoms with Gasteiger partial charge in [-0.1, -0.05) is 47.0 Å². The minimum Gasteiger partial charge on any atom is -0.493 e. The van der Waals surface area contributed by atoms with Crippen molar-refractivity contribution in [3.05, 3.63) is 58.1 Å². The van der Waals surface area contributed by atoms with Crippen LogP contribution in [0.3, 0.4) is 0 Å². The molecule has 1 amide bonds. The number of hydrogen-bond acceptors (Lipinski definition) is 4. The third-order valence-electron chi connectivity index (χ3n) is 4.73. The first-order valence-electron chi connectivity index (χ1n) is 9.20. The van der Waals surface area contributed by atoms with Crippen LogP contribution in [-0.4, -0.2) is 56.3 Å². The Hall–Kier alpha value is -1.80. The second-order valence-electron chi connectivity index (χ2n) is 6.75. The summed E-state index contributed by atoms with van der Waals surface area (Å²) in [5.41, 5.74) is 1.14. The van der Waals surface area contributed by atoms with Crippen molar-refractivity contribution in [1.82, 2.24) is 9.21 Å². The second-order valence-corrected chi connectivity index (χ2v) is 9.44. The van der Waals surface area contributed by atoms with Gasteiger partial charge in [0, 0.05) is 26.2 Å². The summed E-state index contributed by atoms with van der Waals surface area (Å²) in [6.45, 7) is 3.32. The molecule has 9 heteroatoms. The fraction of sp³-hybridized carbons (Fsp3) is 0.350. The molecule has 0 aliphatic carbocycles. The number of sulfonamides is 1. The van der Waals surface area contributed by atoms with Gasteiger partial charge in [-0.05, 0) is 31.2 Å². The Morgan fingerprint density at radius 2 is 1.69 bits per heavy atom. The predicted molar refractivity (Wildman–Crippen MR) is 113 cm³/mol. The maximum Gasteiger partial charge on any atom is 0.244 e. The number of piperazine rings is 1. The van der Waals surface area contributed by atoms with Gasteiger partial charge in [0.25, 0.3) is 0 Å². The molecule has 1 heterocycles. The molecular weight excluding hydrogens is 435 g/mol. The van der Waals surface area contributed by atoms with Gasteiger partial charge in [0.2, 0.25) is 15.9 Å². The van der Waals surface area contributed by atoms with E-state index in [-0.39, 0.29) is 47.0 Å². The maximum absolute atomic E-state index is 12.8. The highest BCUT2D eigenvalue weighted by molar-refractivity contribution is 7.89. The SMILES string of the molecule is Cc1ccc(OCCC(=O)N2CCN(S(=O)(=O)c3cccc(Cl)c3Cl)CC2)cc1. The Morgan fingerprint density at radius 3 is 2.34 bits per heavy atom. The lowest BCUT2D eigenvalue weighted by Gasteiger charge is -2.34. The molecule has 0 atom stereocenters. The van der Waals surface area contributed by atoms with E-state index in [4.69, 9.17) is 27.9 Å². The number of halogens is 2. The van der Waals surface area contributed by atoms with Gasteiger partial charge in [-0.25, -0.2) is 8.42 Å². The molecule has 0 N–H and O–H groups in total. The molecule has 1 fully saturated rings. The number of amides is 1. The van der Waals surface area contributed by atoms with E-state index in [1.54, 1.807) is 11.0 Å². The zero-order chi connectivity index (χ0) is 21.0. The minimum absolute atomic E-state index is 0.0147. The van der Waals surface area contributed by atoms with E-state index in [2.05, 4.69) is 0 Å². The minimum atomic E-state index is -3.77. The first-order valence-corrected chi connectivity index (χ1v) is 11.4. The summed E-state index contributed by atoms with van der Waals surface area (Å²) in [6, 6.07) is 12.2. The van der Waals surface area contributed by atoms with E-state index in [0.29, 0.717) is 13.1 Å². The summed E-state index contributed by atoms with van der Waals surface area (Å²) in [5.74, 6) is 0.660. The number of aryl methyl sites for hydroxylation is 1. The summed E-state index contributed by atoms with van der Waals surface area (Å²) < 4.78 is 32.6. The molecule has 1 aliphatic heterocycles. The maximum atomic E-state index is 12.8. The Morgan fingerprint density at radius 1 is 1.03 bits per heavy atom. The Kier molecular flexibility index (Phi) is 7.05. The number of benzene rings is 2. The smallest absolute Gasteiger partial charge is 0.244 e. The van der Waals surface area contributed by atoms with Crippen molar-refractivity contribution in [2.24, 2.45) is 0 Å². The van der Waals surface area contributed by atoms with Gasteiger partial charge < -0.3 is 9.64 Å². The predicted octanol–water partition coefficient (Wildman–Crippen LogP) is 3.60. The molecule has 0 bridgehead atoms. The molecule has 0 saturated carbocycles. The van der Waals surface area contributed by atoms with E-state index in [9.17, 15) is 13.2 Å². The summed E-state index contributed by atoms with van der Waals surface area (Å²) in [6.07, 6.45) is 0.237. The van der Waals surface area contributed by atoms with Crippen LogP contribution in [0.4, 0.5) is 0 Å². The van der Waals surface area contributed by atoms with Gasteiger partial charge in [-0.15, -0.1) is 0 Å². The number of carbonyl (C=O) groups is 1. The lowest BCUT2D eigenvalue weighted by atomic mass is 10.2. The van der Waals surface area contributed by atoms with Crippen LogP contribution in [0.1, 0.15) is 12.0 Å². The third kappa shape index (κ3) is 5.22. The van der Waals surface area contributed by atoms with E-state index >= 15 is 0 Å². The van der Waals surface area contributed by atoms with E-state index in [0.717, 1.165) is 11.3 Å². The number of hydrogen-bond donors (Lipinski definition) is 0. The first kappa shape index (κ1) is 21.9. The lowest BCUT2D eigenvalue weighted by Crippen LogP contribution is -2.50. The average molecular weight is 457 g/mol. The Balaban J connectivity index is 1.52. The number of carbonyl (C=O) groups excluding carboxylic acids is 1. The van der Waals surface area contributed by atoms with E-state index in [1.807, 2.05) is 31.2 Å². The fourth-order valence-corrected chi connectivity index (χ4v) is 5.21. The normalized spacial score (nSPS) is 15.3. The van der Waals surface area contributed by atoms with E-state index in [1.165, 1.54) is 16.4 Å². The highest BCUT2D eigenvalue weighted by Gasteiger charge is 2.31. The van der Waals surface area contributed by atoms with Crippen molar-refractivity contribution < 1.29 is 17.9 Å². The van der Waals surface area contributed by atoms with Crippen LogP contribution in [0.25, 0.3) is 0 Å². The molecule has 1 aliphatic rings. The Labute approximate surface area is 181 Å². The van der Waals surface area contributed by atoms with E-state index < -0.39 is 10.0 Å². The van der Waals surface area contributed by atoms with Crippen molar-refractivity contribution in [3.63, 3.8) is 0 Å². The van der Waals surface area contributed by atoms with Crippen molar-refractivity contribution in [1.29, 1.82) is 0 Å². The first-order chi connectivity index (χ1) is 13.8. The molecule has 2 aromatic carbocycles. The zero-order valence-corrected chi connectivity index (χ0v) is 18.3. The van der Waals surface area contributed by atoms with Crippen molar-refractivity contribution >= 4 is 39.1 Å². The molecule has 0 unspecified atom stereocenters. The molecule has 1 saturated heterocycles. The largest absolute Gasteiger partial charge is 0.493 e. The van der Waals surface area contributed by atoms with Gasteiger partial charge in [0.15, 0.2) is 0 Å². The average Bonchev–Trinajstić information content (AvgIpc) is 2.71. The van der Waals surface area contributed by atoms with Crippen molar-refractivity contribution in [3.8, 4) is 5.75 Å². The van der Waals surface area contributed by atoms with Gasteiger partial charge in [0.05, 0.1) is 23.1 Å². The zero-order valence-electron chi connectivity index (χ0n) is 16.0. The lowest BCUT2D eigenvalue weighted by molar-refractivity contribution is -0.132. The van der Waals surface area contributed by atoms with Crippen LogP contribution in [0.15, 0.2) is 47.4 Å². The second kappa shape index (κ2) is 9.34. The van der Waals surface area contributed by atoms with Gasteiger partial charge in [-0.3, -0.25) is 4.79 Å². The molecule has 3 rings (SSSR count). The third-order valence-corrected chi connectivity index (χ3v) is 7.60. The van der Waals surface area contributed by atoms with Crippen molar-refractivity contribution in [2.45, 2.75) is 18.2 Å². The molecular formula is C20H22Cl2N2O4S. The van der Waals surface area contributed by atoms with Crippen LogP contribution in [0, 0.1) is 6.92 Å². The number of nitrogens with zero attached hydrogens (tertiary/aromatic N) is 2. The topological polar surface area (TPSA) is 66.9 Å². The summed E-state index contributed by atoms with van der Waals surface area (Å²) in [4.78, 5) is 14.0. The summed E-state index contributed by atoms with van der Waals surface area (Å²) in [7, 11) is -3.77. The van der Waals surface area contributed by atoms with Gasteiger partial charge in [0.1, 0.15) is 10.6 Å². The molecule has 0 spiro atoms. The fourth-order valence-electron chi connectivity index (χ4n) is 3.05. The molecule has 0 aromatic heterocycles. The molecule has 0 radical (unpaired) electrons. The molecule has 156 valence electrons. The van der Waals surface area contributed by atoms with Crippen LogP contribution < -0.4 is 4.74 Å². The van der Waals surface area contributed by atoms with Crippen LogP contribution >= 0.6 is 23.2 Å². The highest BCUT2D eigenvalue weighted by atomic mass is 35.5. The molecule has 2 aromatic rings. The number of rotatable bonds is 6.